The summed E-state index contributed by atoms with van der Waals surface area (Å²) < 4.78 is 0. The second kappa shape index (κ2) is 7.06. The van der Waals surface area contributed by atoms with Gasteiger partial charge in [0.05, 0.1) is 11.6 Å². The Kier molecular flexibility index (Phi) is 5.14. The minimum atomic E-state index is 0.0367. The molecule has 0 aliphatic carbocycles. The molecule has 20 heavy (non-hydrogen) atoms. The summed E-state index contributed by atoms with van der Waals surface area (Å²) in [5.41, 5.74) is 1.35. The van der Waals surface area contributed by atoms with Gasteiger partial charge in [0.1, 0.15) is 0 Å². The molecule has 0 bridgehead atoms. The average molecular weight is 271 g/mol. The zero-order valence-electron chi connectivity index (χ0n) is 11.9. The van der Waals surface area contributed by atoms with E-state index in [2.05, 4.69) is 23.2 Å². The van der Waals surface area contributed by atoms with Gasteiger partial charge in [-0.3, -0.25) is 4.79 Å². The van der Waals surface area contributed by atoms with Crippen molar-refractivity contribution in [3.05, 3.63) is 29.8 Å². The van der Waals surface area contributed by atoms with Crippen LogP contribution < -0.4 is 5.32 Å². The summed E-state index contributed by atoms with van der Waals surface area (Å²) in [7, 11) is 0. The number of nitrogens with one attached hydrogen (secondary N) is 1. The third-order valence-corrected chi connectivity index (χ3v) is 3.90. The Labute approximate surface area is 120 Å². The Hall–Kier alpha value is -1.86. The molecule has 1 aliphatic heterocycles. The van der Waals surface area contributed by atoms with E-state index >= 15 is 0 Å². The summed E-state index contributed by atoms with van der Waals surface area (Å²) in [6, 6.07) is 9.01. The number of likely N-dealkylation sites (tertiary alicyclic amines) is 1. The molecule has 1 atom stereocenters. The van der Waals surface area contributed by atoms with E-state index in [1.807, 2.05) is 0 Å². The van der Waals surface area contributed by atoms with E-state index in [0.29, 0.717) is 12.0 Å². The first-order chi connectivity index (χ1) is 9.71. The average Bonchev–Trinajstić information content (AvgIpc) is 2.94. The van der Waals surface area contributed by atoms with E-state index in [1.54, 1.807) is 24.3 Å². The predicted molar refractivity (Wildman–Crippen MR) is 79.2 cm³/mol. The van der Waals surface area contributed by atoms with Gasteiger partial charge in [0.25, 0.3) is 0 Å². The van der Waals surface area contributed by atoms with Crippen LogP contribution in [-0.4, -0.2) is 30.4 Å². The molecule has 2 rings (SSSR count). The van der Waals surface area contributed by atoms with Gasteiger partial charge in [-0.1, -0.05) is 13.3 Å². The van der Waals surface area contributed by atoms with E-state index in [-0.39, 0.29) is 5.91 Å². The number of carbonyl (C=O) groups is 1. The molecule has 1 aromatic carbocycles. The Balaban J connectivity index is 1.74. The molecule has 0 saturated carbocycles. The van der Waals surface area contributed by atoms with E-state index in [0.717, 1.165) is 31.2 Å². The third-order valence-electron chi connectivity index (χ3n) is 3.90. The largest absolute Gasteiger partial charge is 0.326 e. The Morgan fingerprint density at radius 3 is 2.80 bits per heavy atom. The molecule has 4 nitrogen and oxygen atoms in total. The van der Waals surface area contributed by atoms with E-state index in [1.165, 1.54) is 12.8 Å². The molecule has 1 fully saturated rings. The van der Waals surface area contributed by atoms with Crippen LogP contribution in [0.5, 0.6) is 0 Å². The summed E-state index contributed by atoms with van der Waals surface area (Å²) in [4.78, 5) is 14.2. The van der Waals surface area contributed by atoms with Crippen LogP contribution in [0.1, 0.15) is 31.7 Å². The number of anilines is 1. The van der Waals surface area contributed by atoms with Gasteiger partial charge in [-0.25, -0.2) is 0 Å². The third kappa shape index (κ3) is 4.07. The second-order valence-electron chi connectivity index (χ2n) is 5.35. The normalized spacial score (nSPS) is 18.7. The minimum Gasteiger partial charge on any atom is -0.326 e. The molecule has 0 radical (unpaired) electrons. The first kappa shape index (κ1) is 14.5. The highest BCUT2D eigenvalue weighted by Gasteiger charge is 2.20. The van der Waals surface area contributed by atoms with Crippen LogP contribution in [0, 0.1) is 17.2 Å². The fourth-order valence-electron chi connectivity index (χ4n) is 2.56. The highest BCUT2D eigenvalue weighted by Crippen LogP contribution is 2.19. The first-order valence-electron chi connectivity index (χ1n) is 7.23. The zero-order valence-corrected chi connectivity index (χ0v) is 11.9. The Morgan fingerprint density at radius 1 is 1.45 bits per heavy atom. The molecule has 1 aliphatic rings. The van der Waals surface area contributed by atoms with Crippen LogP contribution in [0.3, 0.4) is 0 Å². The van der Waals surface area contributed by atoms with Gasteiger partial charge in [-0.15, -0.1) is 0 Å². The lowest BCUT2D eigenvalue weighted by Gasteiger charge is -2.15. The maximum Gasteiger partial charge on any atom is 0.225 e. The maximum atomic E-state index is 11.9. The van der Waals surface area contributed by atoms with Gasteiger partial charge in [-0.2, -0.15) is 5.26 Å². The number of carbonyl (C=O) groups excluding carboxylic acids is 1. The smallest absolute Gasteiger partial charge is 0.225 e. The van der Waals surface area contributed by atoms with Crippen molar-refractivity contribution in [3.63, 3.8) is 0 Å². The molecule has 0 spiro atoms. The van der Waals surface area contributed by atoms with Gasteiger partial charge < -0.3 is 10.2 Å². The molecule has 1 N–H and O–H groups in total. The van der Waals surface area contributed by atoms with Crippen LogP contribution in [0.4, 0.5) is 5.69 Å². The van der Waals surface area contributed by atoms with E-state index < -0.39 is 0 Å². The van der Waals surface area contributed by atoms with Crippen LogP contribution in [0.2, 0.25) is 0 Å². The summed E-state index contributed by atoms with van der Waals surface area (Å²) >= 11 is 0. The summed E-state index contributed by atoms with van der Waals surface area (Å²) in [6.45, 7) is 5.30. The summed E-state index contributed by atoms with van der Waals surface area (Å²) in [6.07, 6.45) is 3.01. The topological polar surface area (TPSA) is 56.1 Å². The molecule has 1 amide bonds. The standard InChI is InChI=1S/C16H21N3O/c1-2-13-7-9-19(12-13)10-8-16(20)18-15-5-3-14(11-17)4-6-15/h3-6,13H,2,7-10,12H2,1H3,(H,18,20). The van der Waals surface area contributed by atoms with Crippen LogP contribution in [0.15, 0.2) is 24.3 Å². The molecular formula is C16H21N3O. The lowest BCUT2D eigenvalue weighted by Crippen LogP contribution is -2.26. The predicted octanol–water partition coefficient (Wildman–Crippen LogP) is 2.62. The number of amides is 1. The van der Waals surface area contributed by atoms with Crippen molar-refractivity contribution in [2.75, 3.05) is 25.0 Å². The van der Waals surface area contributed by atoms with Crippen molar-refractivity contribution in [3.8, 4) is 6.07 Å². The number of nitrogens with zero attached hydrogens (tertiary/aromatic N) is 2. The van der Waals surface area contributed by atoms with Crippen molar-refractivity contribution >= 4 is 11.6 Å². The molecule has 1 saturated heterocycles. The molecule has 1 unspecified atom stereocenters. The summed E-state index contributed by atoms with van der Waals surface area (Å²) in [5, 5.41) is 11.6. The van der Waals surface area contributed by atoms with E-state index in [9.17, 15) is 4.79 Å². The quantitative estimate of drug-likeness (QED) is 0.895. The highest BCUT2D eigenvalue weighted by molar-refractivity contribution is 5.90. The van der Waals surface area contributed by atoms with Gasteiger partial charge in [-0.05, 0) is 43.1 Å². The molecule has 1 heterocycles. The van der Waals surface area contributed by atoms with Crippen molar-refractivity contribution in [2.45, 2.75) is 26.2 Å². The van der Waals surface area contributed by atoms with Gasteiger partial charge in [0.2, 0.25) is 5.91 Å². The number of hydrogen-bond acceptors (Lipinski definition) is 3. The van der Waals surface area contributed by atoms with Crippen molar-refractivity contribution in [1.82, 2.24) is 4.90 Å². The number of nitriles is 1. The molecule has 106 valence electrons. The fourth-order valence-corrected chi connectivity index (χ4v) is 2.56. The highest BCUT2D eigenvalue weighted by atomic mass is 16.1. The molecule has 1 aromatic rings. The Bertz CT molecular complexity index is 489. The number of hydrogen-bond donors (Lipinski definition) is 1. The van der Waals surface area contributed by atoms with Crippen LogP contribution >= 0.6 is 0 Å². The number of rotatable bonds is 5. The van der Waals surface area contributed by atoms with E-state index in [4.69, 9.17) is 5.26 Å². The zero-order chi connectivity index (χ0) is 14.4. The van der Waals surface area contributed by atoms with Gasteiger partial charge in [0, 0.05) is 25.2 Å². The lowest BCUT2D eigenvalue weighted by atomic mass is 10.1. The van der Waals surface area contributed by atoms with Crippen molar-refractivity contribution in [2.24, 2.45) is 5.92 Å². The van der Waals surface area contributed by atoms with Crippen LogP contribution in [-0.2, 0) is 4.79 Å². The maximum absolute atomic E-state index is 11.9. The van der Waals surface area contributed by atoms with Crippen LogP contribution in [0.25, 0.3) is 0 Å². The monoisotopic (exact) mass is 271 g/mol. The van der Waals surface area contributed by atoms with Gasteiger partial charge in [0.15, 0.2) is 0 Å². The van der Waals surface area contributed by atoms with Crippen molar-refractivity contribution < 1.29 is 4.79 Å². The number of benzene rings is 1. The van der Waals surface area contributed by atoms with Gasteiger partial charge >= 0.3 is 0 Å². The lowest BCUT2D eigenvalue weighted by molar-refractivity contribution is -0.116. The SMILES string of the molecule is CCC1CCN(CCC(=O)Nc2ccc(C#N)cc2)C1. The second-order valence-corrected chi connectivity index (χ2v) is 5.35. The molecular weight excluding hydrogens is 250 g/mol. The summed E-state index contributed by atoms with van der Waals surface area (Å²) in [5.74, 6) is 0.839. The minimum absolute atomic E-state index is 0.0367. The molecule has 0 aromatic heterocycles. The van der Waals surface area contributed by atoms with Crippen molar-refractivity contribution in [1.29, 1.82) is 5.26 Å². The Morgan fingerprint density at radius 2 is 2.20 bits per heavy atom. The fraction of sp³-hybridized carbons (Fsp3) is 0.500. The first-order valence-corrected chi connectivity index (χ1v) is 7.23. The molecule has 4 heteroatoms.